The van der Waals surface area contributed by atoms with Gasteiger partial charge in [0.05, 0.1) is 0 Å². The van der Waals surface area contributed by atoms with E-state index in [0.717, 1.165) is 12.8 Å². The van der Waals surface area contributed by atoms with Crippen molar-refractivity contribution in [1.82, 2.24) is 9.80 Å². The molecule has 108 valence electrons. The minimum atomic E-state index is -0.439. The number of carbonyl (C=O) groups excluding carboxylic acids is 2. The molecule has 1 unspecified atom stereocenters. The van der Waals surface area contributed by atoms with E-state index in [-0.39, 0.29) is 30.4 Å². The van der Waals surface area contributed by atoms with Gasteiger partial charge in [-0.3, -0.25) is 9.59 Å². The molecule has 5 heteroatoms. The number of hydrogen-bond donors (Lipinski definition) is 1. The smallest absolute Gasteiger partial charge is 0.245 e. The Labute approximate surface area is 114 Å². The lowest BCUT2D eigenvalue weighted by Crippen LogP contribution is -2.58. The summed E-state index contributed by atoms with van der Waals surface area (Å²) >= 11 is 0. The van der Waals surface area contributed by atoms with E-state index in [4.69, 9.17) is 5.11 Å². The van der Waals surface area contributed by atoms with Crippen molar-refractivity contribution >= 4 is 11.8 Å². The molecule has 0 saturated carbocycles. The van der Waals surface area contributed by atoms with Gasteiger partial charge < -0.3 is 14.9 Å². The van der Waals surface area contributed by atoms with E-state index in [1.165, 1.54) is 0 Å². The Balaban J connectivity index is 1.99. The zero-order valence-electron chi connectivity index (χ0n) is 12.1. The first kappa shape index (κ1) is 14.3. The third-order valence-corrected chi connectivity index (χ3v) is 3.97. The number of carbonyl (C=O) groups is 2. The Bertz CT molecular complexity index is 369. The van der Waals surface area contributed by atoms with Gasteiger partial charge in [0.2, 0.25) is 11.8 Å². The molecule has 2 aliphatic heterocycles. The first-order valence-electron chi connectivity index (χ1n) is 7.05. The topological polar surface area (TPSA) is 60.9 Å². The summed E-state index contributed by atoms with van der Waals surface area (Å²) in [5, 5.41) is 9.00. The highest BCUT2D eigenvalue weighted by molar-refractivity contribution is 5.90. The molecule has 19 heavy (non-hydrogen) atoms. The van der Waals surface area contributed by atoms with Crippen LogP contribution in [-0.4, -0.2) is 59.0 Å². The van der Waals surface area contributed by atoms with E-state index in [1.54, 1.807) is 9.80 Å². The minimum Gasteiger partial charge on any atom is -0.396 e. The van der Waals surface area contributed by atoms with Crippen molar-refractivity contribution in [3.05, 3.63) is 0 Å². The molecule has 0 aromatic heterocycles. The van der Waals surface area contributed by atoms with Crippen LogP contribution in [0, 0.1) is 11.3 Å². The maximum Gasteiger partial charge on any atom is 0.245 e. The van der Waals surface area contributed by atoms with Crippen molar-refractivity contribution in [2.75, 3.05) is 26.2 Å². The van der Waals surface area contributed by atoms with Gasteiger partial charge in [-0.25, -0.2) is 0 Å². The second-order valence-electron chi connectivity index (χ2n) is 6.70. The van der Waals surface area contributed by atoms with Gasteiger partial charge in [-0.1, -0.05) is 20.8 Å². The van der Waals surface area contributed by atoms with Crippen LogP contribution < -0.4 is 0 Å². The van der Waals surface area contributed by atoms with Crippen LogP contribution in [0.15, 0.2) is 0 Å². The fourth-order valence-corrected chi connectivity index (χ4v) is 2.77. The molecule has 2 heterocycles. The van der Waals surface area contributed by atoms with E-state index in [9.17, 15) is 9.59 Å². The number of rotatable bonds is 2. The Kier molecular flexibility index (Phi) is 3.85. The highest BCUT2D eigenvalue weighted by atomic mass is 16.3. The third-order valence-electron chi connectivity index (χ3n) is 3.97. The zero-order valence-corrected chi connectivity index (χ0v) is 12.1. The number of amides is 2. The lowest BCUT2D eigenvalue weighted by atomic mass is 9.94. The van der Waals surface area contributed by atoms with Crippen LogP contribution in [-0.2, 0) is 9.59 Å². The fraction of sp³-hybridized carbons (Fsp3) is 0.857. The summed E-state index contributed by atoms with van der Waals surface area (Å²) in [4.78, 5) is 28.2. The van der Waals surface area contributed by atoms with E-state index in [0.29, 0.717) is 19.6 Å². The van der Waals surface area contributed by atoms with Crippen molar-refractivity contribution in [2.45, 2.75) is 39.7 Å². The maximum absolute atomic E-state index is 12.4. The summed E-state index contributed by atoms with van der Waals surface area (Å²) in [5.74, 6) is 0.333. The van der Waals surface area contributed by atoms with Crippen LogP contribution in [0.5, 0.6) is 0 Å². The molecule has 2 amide bonds. The number of nitrogens with zero attached hydrogens (tertiary/aromatic N) is 2. The molecular formula is C14H24N2O3. The molecule has 2 aliphatic rings. The molecule has 1 atom stereocenters. The summed E-state index contributed by atoms with van der Waals surface area (Å²) in [5.41, 5.74) is -0.439. The van der Waals surface area contributed by atoms with Crippen molar-refractivity contribution in [3.63, 3.8) is 0 Å². The quantitative estimate of drug-likeness (QED) is 0.792. The van der Waals surface area contributed by atoms with Crippen molar-refractivity contribution in [3.8, 4) is 0 Å². The van der Waals surface area contributed by atoms with Gasteiger partial charge in [0.15, 0.2) is 0 Å². The monoisotopic (exact) mass is 268 g/mol. The summed E-state index contributed by atoms with van der Waals surface area (Å²) in [6, 6.07) is -0.286. The van der Waals surface area contributed by atoms with E-state index < -0.39 is 5.41 Å². The van der Waals surface area contributed by atoms with Gasteiger partial charge in [-0.15, -0.1) is 0 Å². The molecule has 0 radical (unpaired) electrons. The van der Waals surface area contributed by atoms with Crippen LogP contribution in [0.3, 0.4) is 0 Å². The fourth-order valence-electron chi connectivity index (χ4n) is 2.77. The summed E-state index contributed by atoms with van der Waals surface area (Å²) in [6.07, 6.45) is 1.66. The highest BCUT2D eigenvalue weighted by Gasteiger charge is 2.42. The predicted octanol–water partition coefficient (Wildman–Crippen LogP) is 0.474. The van der Waals surface area contributed by atoms with E-state index in [1.807, 2.05) is 20.8 Å². The van der Waals surface area contributed by atoms with E-state index in [2.05, 4.69) is 0 Å². The molecule has 1 N–H and O–H groups in total. The predicted molar refractivity (Wildman–Crippen MR) is 71.3 cm³/mol. The molecule has 2 rings (SSSR count). The highest BCUT2D eigenvalue weighted by Crippen LogP contribution is 2.28. The maximum atomic E-state index is 12.4. The first-order chi connectivity index (χ1) is 8.84. The Morgan fingerprint density at radius 1 is 1.26 bits per heavy atom. The van der Waals surface area contributed by atoms with Crippen molar-refractivity contribution in [2.24, 2.45) is 11.3 Å². The van der Waals surface area contributed by atoms with Crippen molar-refractivity contribution in [1.29, 1.82) is 0 Å². The largest absolute Gasteiger partial charge is 0.396 e. The van der Waals surface area contributed by atoms with Crippen LogP contribution in [0.2, 0.25) is 0 Å². The number of likely N-dealkylation sites (tertiary alicyclic amines) is 2. The average molecular weight is 268 g/mol. The standard InChI is InChI=1S/C14H24N2O3/c1-14(2,3)13(19)16-6-4-5-11(16)12(18)15-7-10(8-15)9-17/h10-11,17H,4-9H2,1-3H3. The lowest BCUT2D eigenvalue weighted by Gasteiger charge is -2.41. The van der Waals surface area contributed by atoms with Crippen LogP contribution in [0.4, 0.5) is 0 Å². The number of aliphatic hydroxyl groups excluding tert-OH is 1. The van der Waals surface area contributed by atoms with Crippen LogP contribution in [0.1, 0.15) is 33.6 Å². The average Bonchev–Trinajstić information content (AvgIpc) is 2.73. The Morgan fingerprint density at radius 2 is 1.89 bits per heavy atom. The summed E-state index contributed by atoms with van der Waals surface area (Å²) in [6.45, 7) is 7.75. The molecule has 2 saturated heterocycles. The first-order valence-corrected chi connectivity index (χ1v) is 7.05. The van der Waals surface area contributed by atoms with Gasteiger partial charge in [0.25, 0.3) is 0 Å². The number of hydrogen-bond acceptors (Lipinski definition) is 3. The molecule has 5 nitrogen and oxygen atoms in total. The van der Waals surface area contributed by atoms with Crippen molar-refractivity contribution < 1.29 is 14.7 Å². The Hall–Kier alpha value is -1.10. The molecule has 0 aromatic carbocycles. The molecule has 0 spiro atoms. The van der Waals surface area contributed by atoms with Crippen LogP contribution in [0.25, 0.3) is 0 Å². The second-order valence-corrected chi connectivity index (χ2v) is 6.70. The lowest BCUT2D eigenvalue weighted by molar-refractivity contribution is -0.152. The summed E-state index contributed by atoms with van der Waals surface area (Å²) in [7, 11) is 0. The molecule has 2 fully saturated rings. The molecule has 0 bridgehead atoms. The Morgan fingerprint density at radius 3 is 2.42 bits per heavy atom. The SMILES string of the molecule is CC(C)(C)C(=O)N1CCCC1C(=O)N1CC(CO)C1. The third kappa shape index (κ3) is 2.76. The van der Waals surface area contributed by atoms with Gasteiger partial charge in [-0.2, -0.15) is 0 Å². The minimum absolute atomic E-state index is 0.0554. The van der Waals surface area contributed by atoms with Crippen LogP contribution >= 0.6 is 0 Å². The number of aliphatic hydroxyl groups is 1. The van der Waals surface area contributed by atoms with Gasteiger partial charge in [0, 0.05) is 37.6 Å². The zero-order chi connectivity index (χ0) is 14.2. The van der Waals surface area contributed by atoms with Gasteiger partial charge in [-0.05, 0) is 12.8 Å². The molecule has 0 aliphatic carbocycles. The van der Waals surface area contributed by atoms with Gasteiger partial charge in [0.1, 0.15) is 6.04 Å². The molecule has 0 aromatic rings. The van der Waals surface area contributed by atoms with E-state index >= 15 is 0 Å². The molecular weight excluding hydrogens is 244 g/mol. The van der Waals surface area contributed by atoms with Gasteiger partial charge >= 0.3 is 0 Å². The second kappa shape index (κ2) is 5.12. The normalized spacial score (nSPS) is 24.5. The summed E-state index contributed by atoms with van der Waals surface area (Å²) < 4.78 is 0.